The number of nitrogens with one attached hydrogen (secondary N) is 2. The van der Waals surface area contributed by atoms with Crippen LogP contribution in [0.15, 0.2) is 35.2 Å². The summed E-state index contributed by atoms with van der Waals surface area (Å²) in [4.78, 5) is 12.0. The first-order chi connectivity index (χ1) is 10.1. The van der Waals surface area contributed by atoms with Crippen LogP contribution in [0, 0.1) is 0 Å². The Labute approximate surface area is 124 Å². The third-order valence-electron chi connectivity index (χ3n) is 3.23. The summed E-state index contributed by atoms with van der Waals surface area (Å²) in [6.45, 7) is 2.02. The Kier molecular flexibility index (Phi) is 5.72. The molecular formula is C14H20N2O4S. The summed E-state index contributed by atoms with van der Waals surface area (Å²) >= 11 is 0. The lowest BCUT2D eigenvalue weighted by atomic mass is 10.2. The van der Waals surface area contributed by atoms with Gasteiger partial charge in [0.25, 0.3) is 0 Å². The van der Waals surface area contributed by atoms with Crippen LogP contribution in [0.3, 0.4) is 0 Å². The maximum absolute atomic E-state index is 12.0. The van der Waals surface area contributed by atoms with Crippen LogP contribution in [0.25, 0.3) is 0 Å². The van der Waals surface area contributed by atoms with E-state index in [9.17, 15) is 13.2 Å². The Balaban J connectivity index is 1.74. The number of morpholine rings is 1. The number of carbonyl (C=O) groups excluding carboxylic acids is 1. The molecule has 1 amide bonds. The third kappa shape index (κ3) is 5.11. The summed E-state index contributed by atoms with van der Waals surface area (Å²) in [5.74, 6) is -0.265. The van der Waals surface area contributed by atoms with Gasteiger partial charge in [-0.25, -0.2) is 8.42 Å². The molecule has 7 heteroatoms. The van der Waals surface area contributed by atoms with Crippen LogP contribution >= 0.6 is 0 Å². The standard InChI is InChI=1S/C14H20N2O4S/c17-14(10-12-11-20-8-6-15-12)16-7-9-21(18,19)13-4-2-1-3-5-13/h1-5,12,15H,6-11H2,(H,16,17). The number of rotatable bonds is 6. The molecule has 1 atom stereocenters. The van der Waals surface area contributed by atoms with Gasteiger partial charge in [0.15, 0.2) is 9.84 Å². The first kappa shape index (κ1) is 15.9. The number of benzene rings is 1. The van der Waals surface area contributed by atoms with Gasteiger partial charge in [-0.05, 0) is 12.1 Å². The van der Waals surface area contributed by atoms with Gasteiger partial charge in [-0.1, -0.05) is 18.2 Å². The monoisotopic (exact) mass is 312 g/mol. The van der Waals surface area contributed by atoms with Crippen molar-refractivity contribution in [3.05, 3.63) is 30.3 Å². The summed E-state index contributed by atoms with van der Waals surface area (Å²) in [7, 11) is -3.34. The van der Waals surface area contributed by atoms with Crippen LogP contribution in [0.4, 0.5) is 0 Å². The van der Waals surface area contributed by atoms with Gasteiger partial charge in [0.05, 0.1) is 23.9 Å². The fourth-order valence-corrected chi connectivity index (χ4v) is 3.30. The van der Waals surface area contributed by atoms with Crippen molar-refractivity contribution in [2.24, 2.45) is 0 Å². The fraction of sp³-hybridized carbons (Fsp3) is 0.500. The highest BCUT2D eigenvalue weighted by Gasteiger charge is 2.18. The predicted octanol–water partition coefficient (Wildman–Crippen LogP) is -0.0450. The number of hydrogen-bond acceptors (Lipinski definition) is 5. The quantitative estimate of drug-likeness (QED) is 0.770. The highest BCUT2D eigenvalue weighted by molar-refractivity contribution is 7.91. The van der Waals surface area contributed by atoms with E-state index < -0.39 is 9.84 Å². The molecule has 0 radical (unpaired) electrons. The maximum atomic E-state index is 12.0. The molecule has 0 spiro atoms. The molecular weight excluding hydrogens is 292 g/mol. The third-order valence-corrected chi connectivity index (χ3v) is 4.96. The molecule has 1 unspecified atom stereocenters. The minimum Gasteiger partial charge on any atom is -0.378 e. The Bertz CT molecular complexity index is 554. The van der Waals surface area contributed by atoms with Crippen molar-refractivity contribution >= 4 is 15.7 Å². The van der Waals surface area contributed by atoms with E-state index in [0.717, 1.165) is 6.54 Å². The second kappa shape index (κ2) is 7.53. The van der Waals surface area contributed by atoms with Gasteiger partial charge < -0.3 is 15.4 Å². The van der Waals surface area contributed by atoms with E-state index in [2.05, 4.69) is 10.6 Å². The molecule has 0 bridgehead atoms. The lowest BCUT2D eigenvalue weighted by molar-refractivity contribution is -0.122. The van der Waals surface area contributed by atoms with Crippen molar-refractivity contribution in [3.8, 4) is 0 Å². The lowest BCUT2D eigenvalue weighted by Gasteiger charge is -2.23. The van der Waals surface area contributed by atoms with Crippen LogP contribution in [0.5, 0.6) is 0 Å². The van der Waals surface area contributed by atoms with E-state index in [0.29, 0.717) is 19.6 Å². The number of carbonyl (C=O) groups is 1. The van der Waals surface area contributed by atoms with Crippen LogP contribution in [0.1, 0.15) is 6.42 Å². The van der Waals surface area contributed by atoms with E-state index in [1.165, 1.54) is 0 Å². The Morgan fingerprint density at radius 1 is 1.33 bits per heavy atom. The fourth-order valence-electron chi connectivity index (χ4n) is 2.12. The lowest BCUT2D eigenvalue weighted by Crippen LogP contribution is -2.44. The zero-order valence-corrected chi connectivity index (χ0v) is 12.6. The van der Waals surface area contributed by atoms with Gasteiger partial charge in [-0.3, -0.25) is 4.79 Å². The van der Waals surface area contributed by atoms with Crippen LogP contribution in [-0.2, 0) is 19.4 Å². The minimum absolute atomic E-state index is 0.00415. The van der Waals surface area contributed by atoms with Crippen molar-refractivity contribution in [1.82, 2.24) is 10.6 Å². The van der Waals surface area contributed by atoms with Gasteiger partial charge in [0, 0.05) is 25.6 Å². The van der Waals surface area contributed by atoms with Crippen molar-refractivity contribution in [2.75, 3.05) is 32.1 Å². The van der Waals surface area contributed by atoms with E-state index in [-0.39, 0.29) is 29.1 Å². The zero-order chi connectivity index (χ0) is 15.1. The summed E-state index contributed by atoms with van der Waals surface area (Å²) in [5.41, 5.74) is 0. The first-order valence-electron chi connectivity index (χ1n) is 6.93. The minimum atomic E-state index is -3.34. The normalized spacial score (nSPS) is 19.1. The van der Waals surface area contributed by atoms with Gasteiger partial charge in [-0.2, -0.15) is 0 Å². The molecule has 2 N–H and O–H groups in total. The average Bonchev–Trinajstić information content (AvgIpc) is 2.49. The molecule has 1 aliphatic rings. The SMILES string of the molecule is O=C(CC1COCCN1)NCCS(=O)(=O)c1ccccc1. The molecule has 0 saturated carbocycles. The zero-order valence-electron chi connectivity index (χ0n) is 11.7. The maximum Gasteiger partial charge on any atom is 0.221 e. The van der Waals surface area contributed by atoms with Crippen LogP contribution < -0.4 is 10.6 Å². The molecule has 0 aromatic heterocycles. The molecule has 2 rings (SSSR count). The van der Waals surface area contributed by atoms with E-state index >= 15 is 0 Å². The topological polar surface area (TPSA) is 84.5 Å². The molecule has 1 aliphatic heterocycles. The van der Waals surface area contributed by atoms with Crippen LogP contribution in [0.2, 0.25) is 0 Å². The summed E-state index contributed by atoms with van der Waals surface area (Å²) in [6, 6.07) is 8.24. The number of sulfone groups is 1. The summed E-state index contributed by atoms with van der Waals surface area (Å²) in [6.07, 6.45) is 0.297. The van der Waals surface area contributed by atoms with Crippen LogP contribution in [-0.4, -0.2) is 52.4 Å². The number of hydrogen-bond donors (Lipinski definition) is 2. The number of amides is 1. The average molecular weight is 312 g/mol. The summed E-state index contributed by atoms with van der Waals surface area (Å²) < 4.78 is 29.3. The largest absolute Gasteiger partial charge is 0.378 e. The molecule has 6 nitrogen and oxygen atoms in total. The highest BCUT2D eigenvalue weighted by atomic mass is 32.2. The van der Waals surface area contributed by atoms with E-state index in [1.807, 2.05) is 0 Å². The molecule has 1 fully saturated rings. The molecule has 21 heavy (non-hydrogen) atoms. The van der Waals surface area contributed by atoms with Gasteiger partial charge in [0.2, 0.25) is 5.91 Å². The Morgan fingerprint density at radius 3 is 2.76 bits per heavy atom. The second-order valence-electron chi connectivity index (χ2n) is 4.91. The van der Waals surface area contributed by atoms with E-state index in [1.54, 1.807) is 30.3 Å². The van der Waals surface area contributed by atoms with Crippen molar-refractivity contribution in [3.63, 3.8) is 0 Å². The molecule has 116 valence electrons. The van der Waals surface area contributed by atoms with Gasteiger partial charge in [0.1, 0.15) is 0 Å². The van der Waals surface area contributed by atoms with E-state index in [4.69, 9.17) is 4.74 Å². The molecule has 0 aliphatic carbocycles. The van der Waals surface area contributed by atoms with Gasteiger partial charge in [-0.15, -0.1) is 0 Å². The smallest absolute Gasteiger partial charge is 0.221 e. The van der Waals surface area contributed by atoms with Crippen molar-refractivity contribution in [1.29, 1.82) is 0 Å². The van der Waals surface area contributed by atoms with Gasteiger partial charge >= 0.3 is 0 Å². The summed E-state index contributed by atoms with van der Waals surface area (Å²) in [5, 5.41) is 5.82. The molecule has 1 heterocycles. The number of ether oxygens (including phenoxy) is 1. The second-order valence-corrected chi connectivity index (χ2v) is 7.02. The molecule has 1 aromatic rings. The molecule has 1 saturated heterocycles. The Morgan fingerprint density at radius 2 is 2.10 bits per heavy atom. The van der Waals surface area contributed by atoms with Crippen molar-refractivity contribution < 1.29 is 17.9 Å². The van der Waals surface area contributed by atoms with Crippen molar-refractivity contribution in [2.45, 2.75) is 17.4 Å². The first-order valence-corrected chi connectivity index (χ1v) is 8.59. The predicted molar refractivity (Wildman–Crippen MR) is 78.7 cm³/mol. The Hall–Kier alpha value is -1.44. The highest BCUT2D eigenvalue weighted by Crippen LogP contribution is 2.09. The molecule has 1 aromatic carbocycles.